The monoisotopic (exact) mass is 477 g/mol. The molecule has 0 saturated carbocycles. The van der Waals surface area contributed by atoms with Crippen LogP contribution in [0, 0.1) is 11.3 Å². The van der Waals surface area contributed by atoms with Crippen LogP contribution in [0.25, 0.3) is 22.2 Å². The Morgan fingerprint density at radius 1 is 0.972 bits per heavy atom. The normalized spacial score (nSPS) is 15.3. The number of hydrogen-bond donors (Lipinski definition) is 2. The minimum absolute atomic E-state index is 0.111. The number of carbonyl (C=O) groups excluding carboxylic acids is 1. The predicted octanol–water partition coefficient (Wildman–Crippen LogP) is 5.79. The van der Waals surface area contributed by atoms with Gasteiger partial charge >= 0.3 is 0 Å². The van der Waals surface area contributed by atoms with Crippen molar-refractivity contribution in [1.29, 1.82) is 5.26 Å². The maximum atomic E-state index is 14.1. The Balaban J connectivity index is 1.68. The molecule has 0 aliphatic carbocycles. The zero-order valence-electron chi connectivity index (χ0n) is 20.1. The van der Waals surface area contributed by atoms with Gasteiger partial charge in [0.15, 0.2) is 0 Å². The van der Waals surface area contributed by atoms with Crippen LogP contribution in [0.5, 0.6) is 0 Å². The number of hydrogen-bond acceptors (Lipinski definition) is 4. The Bertz CT molecular complexity index is 1410. The summed E-state index contributed by atoms with van der Waals surface area (Å²) in [5.74, 6) is -0.268. The predicted molar refractivity (Wildman–Crippen MR) is 139 cm³/mol. The van der Waals surface area contributed by atoms with Crippen molar-refractivity contribution < 1.29 is 14.6 Å². The Morgan fingerprint density at radius 2 is 1.61 bits per heavy atom. The molecule has 1 aliphatic rings. The molecule has 0 radical (unpaired) electrons. The number of amides is 1. The zero-order valence-corrected chi connectivity index (χ0v) is 20.1. The number of nitriles is 1. The minimum Gasteiger partial charge on any atom is -0.344 e. The molecule has 1 aliphatic heterocycles. The van der Waals surface area contributed by atoms with Gasteiger partial charge in [-0.15, -0.1) is 0 Å². The van der Waals surface area contributed by atoms with E-state index in [2.05, 4.69) is 11.4 Å². The summed E-state index contributed by atoms with van der Waals surface area (Å²) in [6.07, 6.45) is 2.04. The van der Waals surface area contributed by atoms with Crippen LogP contribution in [0.1, 0.15) is 46.8 Å². The van der Waals surface area contributed by atoms with Crippen LogP contribution < -0.4 is 5.32 Å². The molecule has 1 aromatic heterocycles. The van der Waals surface area contributed by atoms with Gasteiger partial charge in [-0.05, 0) is 11.6 Å². The maximum Gasteiger partial charge on any atom is 0.253 e. The number of likely N-dealkylation sites (tertiary alicyclic amines) is 1. The molecule has 6 heteroatoms. The first kappa shape index (κ1) is 23.7. The molecule has 1 fully saturated rings. The summed E-state index contributed by atoms with van der Waals surface area (Å²) in [6.45, 7) is 1.57. The number of quaternary nitrogens is 1. The Kier molecular flexibility index (Phi) is 6.77. The van der Waals surface area contributed by atoms with Gasteiger partial charge in [-0.1, -0.05) is 78.9 Å². The quantitative estimate of drug-likeness (QED) is 0.330. The average molecular weight is 478 g/mol. The fourth-order valence-corrected chi connectivity index (χ4v) is 5.14. The van der Waals surface area contributed by atoms with Crippen LogP contribution >= 0.6 is 0 Å². The molecule has 2 heterocycles. The Morgan fingerprint density at radius 3 is 2.31 bits per heavy atom. The van der Waals surface area contributed by atoms with Gasteiger partial charge in [0.05, 0.1) is 35.3 Å². The molecule has 6 nitrogen and oxygen atoms in total. The van der Waals surface area contributed by atoms with Crippen molar-refractivity contribution in [2.45, 2.75) is 31.8 Å². The molecule has 3 aromatic carbocycles. The van der Waals surface area contributed by atoms with Crippen molar-refractivity contribution in [1.82, 2.24) is 10.3 Å². The molecule has 2 N–H and O–H groups in total. The second-order valence-electron chi connectivity index (χ2n) is 9.40. The van der Waals surface area contributed by atoms with Crippen molar-refractivity contribution in [3.63, 3.8) is 0 Å². The van der Waals surface area contributed by atoms with E-state index in [9.17, 15) is 15.3 Å². The molecule has 180 valence electrons. The number of fused-ring (bicyclic) bond motifs is 1. The average Bonchev–Trinajstić information content (AvgIpc) is 3.34. The van der Waals surface area contributed by atoms with Gasteiger partial charge < -0.3 is 5.32 Å². The fourth-order valence-electron chi connectivity index (χ4n) is 5.14. The molecular formula is C30H29N4O2+. The maximum absolute atomic E-state index is 14.1. The summed E-state index contributed by atoms with van der Waals surface area (Å²) >= 11 is 0. The summed E-state index contributed by atoms with van der Waals surface area (Å²) in [5, 5.41) is 24.7. The largest absolute Gasteiger partial charge is 0.344 e. The number of para-hydroxylation sites is 1. The van der Waals surface area contributed by atoms with E-state index in [0.717, 1.165) is 34.9 Å². The van der Waals surface area contributed by atoms with Crippen LogP contribution in [0.3, 0.4) is 0 Å². The molecule has 0 spiro atoms. The van der Waals surface area contributed by atoms with E-state index in [4.69, 9.17) is 4.98 Å². The smallest absolute Gasteiger partial charge is 0.253 e. The summed E-state index contributed by atoms with van der Waals surface area (Å²) < 4.78 is -0.111. The lowest BCUT2D eigenvalue weighted by atomic mass is 9.94. The number of pyridine rings is 1. The molecule has 4 aromatic rings. The van der Waals surface area contributed by atoms with Crippen molar-refractivity contribution in [3.8, 4) is 17.3 Å². The number of rotatable bonds is 7. The third kappa shape index (κ3) is 4.85. The van der Waals surface area contributed by atoms with Gasteiger partial charge in [0, 0.05) is 29.4 Å². The lowest BCUT2D eigenvalue weighted by Gasteiger charge is -2.27. The van der Waals surface area contributed by atoms with E-state index in [-0.39, 0.29) is 17.0 Å². The third-order valence-corrected chi connectivity index (χ3v) is 6.92. The fraction of sp³-hybridized carbons (Fsp3) is 0.233. The highest BCUT2D eigenvalue weighted by molar-refractivity contribution is 6.09. The van der Waals surface area contributed by atoms with E-state index in [1.165, 1.54) is 0 Å². The van der Waals surface area contributed by atoms with Crippen LogP contribution in [-0.2, 0) is 6.54 Å². The highest BCUT2D eigenvalue weighted by atomic mass is 16.5. The number of carbonyl (C=O) groups is 1. The van der Waals surface area contributed by atoms with Crippen molar-refractivity contribution in [2.75, 3.05) is 13.1 Å². The van der Waals surface area contributed by atoms with Crippen molar-refractivity contribution in [3.05, 3.63) is 102 Å². The van der Waals surface area contributed by atoms with Crippen molar-refractivity contribution in [2.24, 2.45) is 0 Å². The summed E-state index contributed by atoms with van der Waals surface area (Å²) in [4.78, 5) is 19.0. The van der Waals surface area contributed by atoms with E-state index in [1.54, 1.807) is 0 Å². The minimum atomic E-state index is -0.451. The lowest BCUT2D eigenvalue weighted by molar-refractivity contribution is -1.10. The number of nitrogens with zero attached hydrogens (tertiary/aromatic N) is 3. The third-order valence-electron chi connectivity index (χ3n) is 6.92. The molecule has 1 unspecified atom stereocenters. The van der Waals surface area contributed by atoms with Gasteiger partial charge in [0.1, 0.15) is 19.6 Å². The number of nitrogens with one attached hydrogen (secondary N) is 1. The lowest BCUT2D eigenvalue weighted by Crippen LogP contribution is -2.42. The van der Waals surface area contributed by atoms with E-state index in [1.807, 2.05) is 84.9 Å². The van der Waals surface area contributed by atoms with E-state index in [0.29, 0.717) is 36.4 Å². The van der Waals surface area contributed by atoms with E-state index >= 15 is 0 Å². The SMILES string of the molecule is N#CCC(NC(=O)c1c(C[N+]2(O)CCCC2)c(-c2ccccc2)nc2ccccc12)c1ccccc1. The molecule has 5 rings (SSSR count). The summed E-state index contributed by atoms with van der Waals surface area (Å²) in [6, 6.07) is 28.8. The van der Waals surface area contributed by atoms with Gasteiger partial charge in [0.2, 0.25) is 0 Å². The van der Waals surface area contributed by atoms with Gasteiger partial charge in [0.25, 0.3) is 5.91 Å². The van der Waals surface area contributed by atoms with Crippen LogP contribution in [-0.4, -0.2) is 33.8 Å². The molecule has 0 bridgehead atoms. The summed E-state index contributed by atoms with van der Waals surface area (Å²) in [7, 11) is 0. The highest BCUT2D eigenvalue weighted by Crippen LogP contribution is 2.34. The number of aromatic nitrogens is 1. The molecular weight excluding hydrogens is 448 g/mol. The second kappa shape index (κ2) is 10.3. The van der Waals surface area contributed by atoms with Crippen LogP contribution in [0.2, 0.25) is 0 Å². The second-order valence-corrected chi connectivity index (χ2v) is 9.40. The van der Waals surface area contributed by atoms with Gasteiger partial charge in [-0.3, -0.25) is 4.79 Å². The summed E-state index contributed by atoms with van der Waals surface area (Å²) in [5.41, 5.74) is 4.43. The first-order chi connectivity index (χ1) is 17.6. The molecule has 36 heavy (non-hydrogen) atoms. The Labute approximate surface area is 211 Å². The topological polar surface area (TPSA) is 86.0 Å². The highest BCUT2D eigenvalue weighted by Gasteiger charge is 2.35. The Hall–Kier alpha value is -4.05. The molecule has 1 saturated heterocycles. The van der Waals surface area contributed by atoms with Crippen molar-refractivity contribution >= 4 is 16.8 Å². The first-order valence-electron chi connectivity index (χ1n) is 12.4. The van der Waals surface area contributed by atoms with Crippen LogP contribution in [0.4, 0.5) is 0 Å². The van der Waals surface area contributed by atoms with E-state index < -0.39 is 6.04 Å². The number of benzene rings is 3. The van der Waals surface area contributed by atoms with Crippen LogP contribution in [0.15, 0.2) is 84.9 Å². The first-order valence-corrected chi connectivity index (χ1v) is 12.4. The van der Waals surface area contributed by atoms with Gasteiger partial charge in [-0.2, -0.15) is 9.91 Å². The standard InChI is InChI=1S/C30H28N4O2/c31-18-17-26(22-11-3-1-4-12-22)33-30(35)28-24-15-7-8-16-27(24)32-29(23-13-5-2-6-14-23)25(28)21-34(36)19-9-10-20-34/h1-8,11-16,26,36H,9-10,17,19-21H2/p+1. The van der Waals surface area contributed by atoms with Gasteiger partial charge in [-0.25, -0.2) is 10.2 Å². The molecule has 1 atom stereocenters. The molecule has 1 amide bonds. The zero-order chi connectivity index (χ0) is 25.0. The number of hydroxylamine groups is 3.